The Labute approximate surface area is 215 Å². The van der Waals surface area contributed by atoms with Crippen LogP contribution in [-0.2, 0) is 15.1 Å². The quantitative estimate of drug-likeness (QED) is 0.583. The van der Waals surface area contributed by atoms with Crippen molar-refractivity contribution in [2.24, 2.45) is 0 Å². The molecule has 2 fully saturated rings. The van der Waals surface area contributed by atoms with Crippen molar-refractivity contribution in [3.63, 3.8) is 0 Å². The van der Waals surface area contributed by atoms with Crippen LogP contribution in [0, 0.1) is 0 Å². The van der Waals surface area contributed by atoms with Crippen LogP contribution < -0.4 is 10.1 Å². The van der Waals surface area contributed by atoms with E-state index in [0.29, 0.717) is 5.75 Å². The average molecular weight is 547 g/mol. The largest absolute Gasteiger partial charge is 0.496 e. The smallest absolute Gasteiger partial charge is 0.430 e. The number of nitrogens with zero attached hydrogens (tertiary/aromatic N) is 1. The van der Waals surface area contributed by atoms with Crippen molar-refractivity contribution in [2.45, 2.75) is 36.1 Å². The summed E-state index contributed by atoms with van der Waals surface area (Å²) in [5.41, 5.74) is -4.96. The monoisotopic (exact) mass is 546 g/mol. The number of nitrogens with one attached hydrogen (secondary N) is 1. The molecule has 194 valence electrons. The van der Waals surface area contributed by atoms with Crippen molar-refractivity contribution in [2.75, 3.05) is 26.7 Å². The molecule has 1 spiro atoms. The van der Waals surface area contributed by atoms with Gasteiger partial charge in [-0.05, 0) is 24.3 Å². The molecule has 2 amide bonds. The van der Waals surface area contributed by atoms with Crippen LogP contribution in [0.1, 0.15) is 29.9 Å². The van der Waals surface area contributed by atoms with Crippen LogP contribution in [0.3, 0.4) is 0 Å². The fourth-order valence-corrected chi connectivity index (χ4v) is 5.48. The number of aliphatic hydroxyl groups is 1. The summed E-state index contributed by atoms with van der Waals surface area (Å²) in [5, 5.41) is 13.1. The molecule has 0 radical (unpaired) electrons. The van der Waals surface area contributed by atoms with E-state index in [0.717, 1.165) is 22.6 Å². The van der Waals surface area contributed by atoms with Crippen LogP contribution in [0.25, 0.3) is 0 Å². The van der Waals surface area contributed by atoms with Gasteiger partial charge in [0.1, 0.15) is 11.4 Å². The van der Waals surface area contributed by atoms with E-state index in [1.165, 1.54) is 13.2 Å². The lowest BCUT2D eigenvalue weighted by atomic mass is 9.74. The van der Waals surface area contributed by atoms with E-state index < -0.39 is 34.9 Å². The molecule has 2 aromatic carbocycles. The number of benzene rings is 2. The predicted octanol–water partition coefficient (Wildman–Crippen LogP) is 4.64. The minimum absolute atomic E-state index is 0.0547. The number of hydrogen-bond donors (Lipinski definition) is 2. The highest BCUT2D eigenvalue weighted by Gasteiger charge is 2.63. The van der Waals surface area contributed by atoms with Gasteiger partial charge in [-0.1, -0.05) is 41.4 Å². The van der Waals surface area contributed by atoms with Crippen LogP contribution in [-0.4, -0.2) is 60.5 Å². The molecule has 12 heteroatoms. The molecule has 0 saturated carbocycles. The van der Waals surface area contributed by atoms with Crippen molar-refractivity contribution < 1.29 is 37.3 Å². The average Bonchev–Trinajstić information content (AvgIpc) is 2.82. The zero-order chi connectivity index (χ0) is 26.3. The van der Waals surface area contributed by atoms with E-state index in [4.69, 9.17) is 32.7 Å². The summed E-state index contributed by atoms with van der Waals surface area (Å²) < 4.78 is 53.6. The lowest BCUT2D eigenvalue weighted by Crippen LogP contribution is -2.62. The predicted molar refractivity (Wildman–Crippen MR) is 125 cm³/mol. The van der Waals surface area contributed by atoms with Crippen molar-refractivity contribution in [1.29, 1.82) is 0 Å². The Balaban J connectivity index is 1.64. The molecule has 1 unspecified atom stereocenters. The molecule has 2 N–H and O–H groups in total. The fourth-order valence-electron chi connectivity index (χ4n) is 4.95. The second kappa shape index (κ2) is 9.64. The van der Waals surface area contributed by atoms with Gasteiger partial charge in [0.15, 0.2) is 0 Å². The number of ether oxygens (including phenoxy) is 2. The summed E-state index contributed by atoms with van der Waals surface area (Å²) in [5.74, 6) is -1.36. The van der Waals surface area contributed by atoms with E-state index in [1.807, 2.05) is 6.07 Å². The Kier molecular flexibility index (Phi) is 7.07. The molecule has 0 aliphatic carbocycles. The molecule has 2 aliphatic rings. The van der Waals surface area contributed by atoms with Crippen molar-refractivity contribution in [1.82, 2.24) is 10.2 Å². The summed E-state index contributed by atoms with van der Waals surface area (Å²) in [6.07, 6.45) is -5.90. The Morgan fingerprint density at radius 2 is 1.78 bits per heavy atom. The Morgan fingerprint density at radius 3 is 2.36 bits per heavy atom. The van der Waals surface area contributed by atoms with E-state index in [-0.39, 0.29) is 48.4 Å². The number of hydrogen-bond acceptors (Lipinski definition) is 5. The standard InChI is InChI=1S/C24H23Cl2F3N2O5/c1-35-19-5-3-2-4-17(19)18-13-30-21(33)36-22(18)6-8-31(9-7-22)20(32)23(34,24(27,28)29)14-10-15(25)12-16(26)11-14/h2-5,10-12,18,34H,6-9,13H2,1H3,(H,30,33)/t18?,23-/m0/s1. The van der Waals surface area contributed by atoms with Gasteiger partial charge in [0.05, 0.1) is 7.11 Å². The minimum Gasteiger partial charge on any atom is -0.496 e. The molecule has 2 saturated heterocycles. The molecule has 36 heavy (non-hydrogen) atoms. The zero-order valence-corrected chi connectivity index (χ0v) is 20.6. The summed E-state index contributed by atoms with van der Waals surface area (Å²) in [6, 6.07) is 10.1. The third-order valence-corrected chi connectivity index (χ3v) is 7.23. The lowest BCUT2D eigenvalue weighted by Gasteiger charge is -2.49. The number of carbonyl (C=O) groups is 2. The van der Waals surface area contributed by atoms with Gasteiger partial charge < -0.3 is 24.8 Å². The highest BCUT2D eigenvalue weighted by molar-refractivity contribution is 6.34. The first-order valence-electron chi connectivity index (χ1n) is 11.1. The van der Waals surface area contributed by atoms with Gasteiger partial charge in [0.25, 0.3) is 11.5 Å². The van der Waals surface area contributed by atoms with Crippen molar-refractivity contribution in [3.8, 4) is 5.75 Å². The third kappa shape index (κ3) is 4.57. The summed E-state index contributed by atoms with van der Waals surface area (Å²) in [6.45, 7) is -0.157. The van der Waals surface area contributed by atoms with Gasteiger partial charge in [-0.25, -0.2) is 4.79 Å². The number of carbonyl (C=O) groups excluding carboxylic acids is 2. The Hall–Kier alpha value is -2.69. The summed E-state index contributed by atoms with van der Waals surface area (Å²) in [4.78, 5) is 26.3. The van der Waals surface area contributed by atoms with Crippen LogP contribution in [0.4, 0.5) is 18.0 Å². The van der Waals surface area contributed by atoms with Gasteiger partial charge in [0, 0.05) is 59.6 Å². The van der Waals surface area contributed by atoms with E-state index in [1.54, 1.807) is 18.2 Å². The van der Waals surface area contributed by atoms with Gasteiger partial charge in [0.2, 0.25) is 0 Å². The fraction of sp³-hybridized carbons (Fsp3) is 0.417. The highest BCUT2D eigenvalue weighted by Crippen LogP contribution is 2.47. The van der Waals surface area contributed by atoms with Crippen LogP contribution in [0.5, 0.6) is 5.75 Å². The maximum atomic E-state index is 14.1. The van der Waals surface area contributed by atoms with Gasteiger partial charge in [-0.15, -0.1) is 0 Å². The third-order valence-electron chi connectivity index (χ3n) is 6.79. The second-order valence-corrected chi connectivity index (χ2v) is 9.66. The van der Waals surface area contributed by atoms with Crippen molar-refractivity contribution >= 4 is 35.2 Å². The van der Waals surface area contributed by atoms with Gasteiger partial charge in [-0.2, -0.15) is 13.2 Å². The molecule has 2 heterocycles. The SMILES string of the molecule is COc1ccccc1C1CNC(=O)OC12CCN(C(=O)[C@@](O)(c1cc(Cl)cc(Cl)c1)C(F)(F)F)CC2. The number of methoxy groups -OCH3 is 1. The second-order valence-electron chi connectivity index (χ2n) is 8.79. The summed E-state index contributed by atoms with van der Waals surface area (Å²) in [7, 11) is 1.51. The number of alkyl carbamates (subject to hydrolysis) is 1. The number of alkyl halides is 3. The number of para-hydroxylation sites is 1. The lowest BCUT2D eigenvalue weighted by molar-refractivity contribution is -0.262. The molecule has 4 rings (SSSR count). The molecule has 2 aliphatic heterocycles. The molecular formula is C24H23Cl2F3N2O5. The van der Waals surface area contributed by atoms with Gasteiger partial charge in [-0.3, -0.25) is 4.79 Å². The van der Waals surface area contributed by atoms with Gasteiger partial charge >= 0.3 is 12.3 Å². The van der Waals surface area contributed by atoms with E-state index >= 15 is 0 Å². The Morgan fingerprint density at radius 1 is 1.17 bits per heavy atom. The summed E-state index contributed by atoms with van der Waals surface area (Å²) >= 11 is 11.7. The molecule has 0 aromatic heterocycles. The van der Waals surface area contributed by atoms with E-state index in [9.17, 15) is 27.9 Å². The molecule has 2 atom stereocenters. The highest BCUT2D eigenvalue weighted by atomic mass is 35.5. The molecular weight excluding hydrogens is 524 g/mol. The minimum atomic E-state index is -5.35. The topological polar surface area (TPSA) is 88.1 Å². The maximum absolute atomic E-state index is 14.1. The van der Waals surface area contributed by atoms with Crippen molar-refractivity contribution in [3.05, 3.63) is 63.6 Å². The number of halogens is 5. The first-order valence-corrected chi connectivity index (χ1v) is 11.8. The number of likely N-dealkylation sites (tertiary alicyclic amines) is 1. The Bertz CT molecular complexity index is 1150. The first kappa shape index (κ1) is 26.4. The number of piperidine rings is 1. The number of amides is 2. The number of rotatable bonds is 4. The van der Waals surface area contributed by atoms with Crippen LogP contribution >= 0.6 is 23.2 Å². The molecule has 0 bridgehead atoms. The zero-order valence-electron chi connectivity index (χ0n) is 19.1. The molecule has 7 nitrogen and oxygen atoms in total. The normalized spacial score (nSPS) is 21.4. The maximum Gasteiger partial charge on any atom is 0.430 e. The molecule has 2 aromatic rings. The van der Waals surface area contributed by atoms with Crippen LogP contribution in [0.15, 0.2) is 42.5 Å². The van der Waals surface area contributed by atoms with Crippen LogP contribution in [0.2, 0.25) is 10.0 Å². The first-order chi connectivity index (χ1) is 16.9. The van der Waals surface area contributed by atoms with E-state index in [2.05, 4.69) is 5.32 Å².